The summed E-state index contributed by atoms with van der Waals surface area (Å²) in [5.41, 5.74) is 2.27. The Labute approximate surface area is 178 Å². The molecule has 7 heteroatoms. The van der Waals surface area contributed by atoms with E-state index in [-0.39, 0.29) is 17.9 Å². The molecule has 0 radical (unpaired) electrons. The third-order valence-electron chi connectivity index (χ3n) is 5.30. The second kappa shape index (κ2) is 7.76. The minimum Gasteiger partial charge on any atom is -0.467 e. The Morgan fingerprint density at radius 1 is 1.03 bits per heavy atom. The maximum atomic E-state index is 14.6. The molecule has 1 N–H and O–H groups in total. The molecule has 1 fully saturated rings. The zero-order chi connectivity index (χ0) is 20.5. The van der Waals surface area contributed by atoms with Crippen molar-refractivity contribution >= 4 is 17.3 Å². The van der Waals surface area contributed by atoms with Gasteiger partial charge in [-0.25, -0.2) is 4.39 Å². The number of para-hydroxylation sites is 1. The van der Waals surface area contributed by atoms with Crippen LogP contribution in [0.4, 0.5) is 4.39 Å². The standard InChI is InChI=1S/C23H19FN4OS/c24-17-8-1-2-10-19(17)27-13-5-11-20(27)22-21(18-9-3-4-12-25-18)26-23(30)28(22)15-16-7-6-14-29-16/h1-14,21-22H,15H2,(H,26,30). The molecule has 3 aromatic heterocycles. The molecule has 1 saturated heterocycles. The zero-order valence-electron chi connectivity index (χ0n) is 16.0. The lowest BCUT2D eigenvalue weighted by atomic mass is 10.0. The van der Waals surface area contributed by atoms with E-state index < -0.39 is 0 Å². The summed E-state index contributed by atoms with van der Waals surface area (Å²) in [6.07, 6.45) is 5.28. The van der Waals surface area contributed by atoms with E-state index in [0.29, 0.717) is 17.3 Å². The molecule has 2 atom stereocenters. The number of nitrogens with one attached hydrogen (secondary N) is 1. The number of aromatic nitrogens is 2. The molecule has 0 bridgehead atoms. The van der Waals surface area contributed by atoms with Gasteiger partial charge in [0.15, 0.2) is 5.11 Å². The summed E-state index contributed by atoms with van der Waals surface area (Å²) >= 11 is 5.69. The summed E-state index contributed by atoms with van der Waals surface area (Å²) in [6, 6.07) is 19.9. The van der Waals surface area contributed by atoms with Gasteiger partial charge in [-0.3, -0.25) is 4.98 Å². The lowest BCUT2D eigenvalue weighted by Crippen LogP contribution is -2.29. The van der Waals surface area contributed by atoms with Crippen molar-refractivity contribution in [2.75, 3.05) is 0 Å². The van der Waals surface area contributed by atoms with Crippen molar-refractivity contribution in [1.82, 2.24) is 19.8 Å². The van der Waals surface area contributed by atoms with Crippen molar-refractivity contribution in [1.29, 1.82) is 0 Å². The van der Waals surface area contributed by atoms with Crippen LogP contribution in [0.3, 0.4) is 0 Å². The van der Waals surface area contributed by atoms with E-state index in [1.165, 1.54) is 6.07 Å². The Balaban J connectivity index is 1.62. The highest BCUT2D eigenvalue weighted by Gasteiger charge is 2.41. The van der Waals surface area contributed by atoms with Gasteiger partial charge in [-0.2, -0.15) is 0 Å². The predicted molar refractivity (Wildman–Crippen MR) is 115 cm³/mol. The van der Waals surface area contributed by atoms with Crippen LogP contribution in [0, 0.1) is 5.82 Å². The van der Waals surface area contributed by atoms with E-state index in [9.17, 15) is 4.39 Å². The molecular formula is C23H19FN4OS. The molecule has 1 aromatic carbocycles. The summed E-state index contributed by atoms with van der Waals surface area (Å²) < 4.78 is 22.1. The van der Waals surface area contributed by atoms with Crippen molar-refractivity contribution in [2.24, 2.45) is 0 Å². The van der Waals surface area contributed by atoms with Gasteiger partial charge in [-0.1, -0.05) is 18.2 Å². The van der Waals surface area contributed by atoms with Gasteiger partial charge in [0, 0.05) is 18.1 Å². The van der Waals surface area contributed by atoms with Crippen LogP contribution in [0.15, 0.2) is 89.8 Å². The first-order valence-electron chi connectivity index (χ1n) is 9.65. The third-order valence-corrected chi connectivity index (χ3v) is 5.65. The van der Waals surface area contributed by atoms with Crippen LogP contribution < -0.4 is 5.32 Å². The minimum absolute atomic E-state index is 0.186. The number of benzene rings is 1. The molecule has 4 heterocycles. The lowest BCUT2D eigenvalue weighted by Gasteiger charge is -2.28. The average Bonchev–Trinajstić information content (AvgIpc) is 3.51. The molecule has 1 aliphatic heterocycles. The van der Waals surface area contributed by atoms with E-state index >= 15 is 0 Å². The quantitative estimate of drug-likeness (QED) is 0.473. The van der Waals surface area contributed by atoms with E-state index in [4.69, 9.17) is 16.6 Å². The fraction of sp³-hybridized carbons (Fsp3) is 0.130. The minimum atomic E-state index is -0.282. The smallest absolute Gasteiger partial charge is 0.170 e. The van der Waals surface area contributed by atoms with Crippen LogP contribution in [-0.2, 0) is 6.54 Å². The maximum Gasteiger partial charge on any atom is 0.170 e. The van der Waals surface area contributed by atoms with Gasteiger partial charge in [-0.05, 0) is 60.7 Å². The highest BCUT2D eigenvalue weighted by Crippen LogP contribution is 2.40. The van der Waals surface area contributed by atoms with Crippen LogP contribution in [0.2, 0.25) is 0 Å². The molecule has 1 aliphatic rings. The number of hydrogen-bond donors (Lipinski definition) is 1. The van der Waals surface area contributed by atoms with Gasteiger partial charge in [0.1, 0.15) is 11.6 Å². The molecule has 0 amide bonds. The monoisotopic (exact) mass is 418 g/mol. The fourth-order valence-corrected chi connectivity index (χ4v) is 4.27. The largest absolute Gasteiger partial charge is 0.467 e. The van der Waals surface area contributed by atoms with Gasteiger partial charge in [0.25, 0.3) is 0 Å². The number of rotatable bonds is 5. The molecule has 0 spiro atoms. The van der Waals surface area contributed by atoms with Gasteiger partial charge < -0.3 is 19.2 Å². The summed E-state index contributed by atoms with van der Waals surface area (Å²) in [7, 11) is 0. The number of halogens is 1. The number of pyridine rings is 1. The second-order valence-electron chi connectivity index (χ2n) is 7.09. The molecule has 0 aliphatic carbocycles. The first kappa shape index (κ1) is 18.6. The first-order chi connectivity index (χ1) is 14.7. The Kier molecular flexibility index (Phi) is 4.80. The number of hydrogen-bond acceptors (Lipinski definition) is 3. The highest BCUT2D eigenvalue weighted by atomic mass is 32.1. The van der Waals surface area contributed by atoms with Crippen molar-refractivity contribution in [2.45, 2.75) is 18.6 Å². The molecule has 30 heavy (non-hydrogen) atoms. The third kappa shape index (κ3) is 3.27. The topological polar surface area (TPSA) is 46.2 Å². The van der Waals surface area contributed by atoms with Gasteiger partial charge in [-0.15, -0.1) is 0 Å². The van der Waals surface area contributed by atoms with Gasteiger partial charge >= 0.3 is 0 Å². The maximum absolute atomic E-state index is 14.6. The molecule has 150 valence electrons. The van der Waals surface area contributed by atoms with E-state index in [1.807, 2.05) is 59.3 Å². The summed E-state index contributed by atoms with van der Waals surface area (Å²) in [5, 5.41) is 4.02. The van der Waals surface area contributed by atoms with Crippen LogP contribution in [0.5, 0.6) is 0 Å². The normalized spacial score (nSPS) is 18.6. The van der Waals surface area contributed by atoms with Crippen molar-refractivity contribution < 1.29 is 8.81 Å². The summed E-state index contributed by atoms with van der Waals surface area (Å²) in [5.74, 6) is 0.519. The average molecular weight is 418 g/mol. The van der Waals surface area contributed by atoms with Crippen LogP contribution in [0.1, 0.15) is 29.2 Å². The highest BCUT2D eigenvalue weighted by molar-refractivity contribution is 7.80. The Bertz CT molecular complexity index is 1160. The molecule has 0 saturated carbocycles. The van der Waals surface area contributed by atoms with Crippen molar-refractivity contribution in [3.63, 3.8) is 0 Å². The molecule has 2 unspecified atom stereocenters. The van der Waals surface area contributed by atoms with Crippen molar-refractivity contribution in [3.8, 4) is 5.69 Å². The van der Waals surface area contributed by atoms with Gasteiger partial charge in [0.05, 0.1) is 36.3 Å². The Hall–Kier alpha value is -3.45. The van der Waals surface area contributed by atoms with Crippen LogP contribution in [0.25, 0.3) is 5.69 Å². The first-order valence-corrected chi connectivity index (χ1v) is 10.1. The molecule has 4 aromatic rings. The van der Waals surface area contributed by atoms with Crippen molar-refractivity contribution in [3.05, 3.63) is 108 Å². The predicted octanol–water partition coefficient (Wildman–Crippen LogP) is 4.78. The number of nitrogens with zero attached hydrogens (tertiary/aromatic N) is 3. The molecule has 5 nitrogen and oxygen atoms in total. The Morgan fingerprint density at radius 2 is 1.90 bits per heavy atom. The Morgan fingerprint density at radius 3 is 2.67 bits per heavy atom. The fourth-order valence-electron chi connectivity index (χ4n) is 3.97. The number of furan rings is 1. The van der Waals surface area contributed by atoms with Crippen LogP contribution >= 0.6 is 12.2 Å². The lowest BCUT2D eigenvalue weighted by molar-refractivity contribution is 0.280. The zero-order valence-corrected chi connectivity index (χ0v) is 16.8. The SMILES string of the molecule is Fc1ccccc1-n1cccc1C1C(c2ccccn2)NC(=S)N1Cc1ccco1. The van der Waals surface area contributed by atoms with Gasteiger partial charge in [0.2, 0.25) is 0 Å². The van der Waals surface area contributed by atoms with E-state index in [2.05, 4.69) is 15.2 Å². The number of thiocarbonyl (C=S) groups is 1. The van der Waals surface area contributed by atoms with E-state index in [0.717, 1.165) is 17.1 Å². The molecule has 5 rings (SSSR count). The van der Waals surface area contributed by atoms with E-state index in [1.54, 1.807) is 24.6 Å². The summed E-state index contributed by atoms with van der Waals surface area (Å²) in [4.78, 5) is 6.62. The molecular weight excluding hydrogens is 399 g/mol. The van der Waals surface area contributed by atoms with Crippen LogP contribution in [-0.4, -0.2) is 19.6 Å². The second-order valence-corrected chi connectivity index (χ2v) is 7.48. The summed E-state index contributed by atoms with van der Waals surface area (Å²) in [6.45, 7) is 0.495.